The lowest BCUT2D eigenvalue weighted by Crippen LogP contribution is -2.21. The summed E-state index contributed by atoms with van der Waals surface area (Å²) >= 11 is 1.68. The Bertz CT molecular complexity index is 1150. The van der Waals surface area contributed by atoms with Crippen molar-refractivity contribution in [3.63, 3.8) is 0 Å². The number of amides is 1. The Balaban J connectivity index is 1.40. The number of rotatable bonds is 9. The summed E-state index contributed by atoms with van der Waals surface area (Å²) in [6, 6.07) is 13.2. The summed E-state index contributed by atoms with van der Waals surface area (Å²) in [7, 11) is 3.06. The fourth-order valence-corrected chi connectivity index (χ4v) is 4.42. The molecule has 160 valence electrons. The number of carbonyl (C=O) groups excluding carboxylic acids is 2. The molecular weight excluding hydrogens is 412 g/mol. The number of hydrazone groups is 1. The number of benzene rings is 2. The smallest absolute Gasteiger partial charge is 0.240 e. The van der Waals surface area contributed by atoms with Gasteiger partial charge in [0.2, 0.25) is 5.91 Å². The number of hydrogen-bond donors (Lipinski definition) is 1. The van der Waals surface area contributed by atoms with Crippen LogP contribution in [0.25, 0.3) is 10.1 Å². The number of nitrogens with zero attached hydrogens (tertiary/aromatic N) is 1. The van der Waals surface area contributed by atoms with E-state index in [9.17, 15) is 9.59 Å². The molecule has 1 saturated carbocycles. The van der Waals surface area contributed by atoms with Gasteiger partial charge in [-0.1, -0.05) is 18.2 Å². The standard InChI is InChI=1S/C24H24N2O4S/c1-29-20-11-9-16(13-21(20)30-2)19(27)10-12-23(28)25-26-24(15-7-8-15)18-14-31-22-6-4-3-5-17(18)22/h3-6,9,11,13-15H,7-8,10,12H2,1-2H3,(H,25,28)/b26-24+. The van der Waals surface area contributed by atoms with Crippen LogP contribution in [0.1, 0.15) is 41.6 Å². The van der Waals surface area contributed by atoms with Gasteiger partial charge in [0.25, 0.3) is 0 Å². The Morgan fingerprint density at radius 3 is 2.58 bits per heavy atom. The average molecular weight is 437 g/mol. The summed E-state index contributed by atoms with van der Waals surface area (Å²) in [6.07, 6.45) is 2.32. The molecular formula is C24H24N2O4S. The number of thiophene rings is 1. The van der Waals surface area contributed by atoms with Gasteiger partial charge in [0, 0.05) is 45.4 Å². The Kier molecular flexibility index (Phi) is 6.32. The van der Waals surface area contributed by atoms with E-state index in [1.165, 1.54) is 11.8 Å². The lowest BCUT2D eigenvalue weighted by atomic mass is 10.1. The molecule has 0 bridgehead atoms. The van der Waals surface area contributed by atoms with Crippen molar-refractivity contribution in [2.24, 2.45) is 11.0 Å². The van der Waals surface area contributed by atoms with Gasteiger partial charge in [-0.25, -0.2) is 5.43 Å². The molecule has 1 fully saturated rings. The van der Waals surface area contributed by atoms with Crippen molar-refractivity contribution in [1.82, 2.24) is 5.43 Å². The molecule has 1 heterocycles. The van der Waals surface area contributed by atoms with E-state index in [-0.39, 0.29) is 24.5 Å². The van der Waals surface area contributed by atoms with Crippen molar-refractivity contribution in [1.29, 1.82) is 0 Å². The van der Waals surface area contributed by atoms with Crippen LogP contribution in [0.5, 0.6) is 11.5 Å². The third-order valence-electron chi connectivity index (χ3n) is 5.31. The fourth-order valence-electron chi connectivity index (χ4n) is 3.46. The SMILES string of the molecule is COc1ccc(C(=O)CCC(=O)N/N=C(/c2csc3ccccc23)C2CC2)cc1OC. The zero-order chi connectivity index (χ0) is 21.8. The zero-order valence-corrected chi connectivity index (χ0v) is 18.3. The first kappa shape index (κ1) is 21.1. The first-order valence-corrected chi connectivity index (χ1v) is 11.1. The Morgan fingerprint density at radius 2 is 1.84 bits per heavy atom. The van der Waals surface area contributed by atoms with Crippen LogP contribution in [0, 0.1) is 5.92 Å². The molecule has 0 radical (unpaired) electrons. The van der Waals surface area contributed by atoms with Gasteiger partial charge in [0.15, 0.2) is 17.3 Å². The van der Waals surface area contributed by atoms with Crippen LogP contribution < -0.4 is 14.9 Å². The molecule has 7 heteroatoms. The van der Waals surface area contributed by atoms with Crippen molar-refractivity contribution in [3.05, 3.63) is 59.0 Å². The summed E-state index contributed by atoms with van der Waals surface area (Å²) in [5, 5.41) is 7.72. The predicted octanol–water partition coefficient (Wildman–Crippen LogP) is 4.81. The van der Waals surface area contributed by atoms with Gasteiger partial charge in [0.05, 0.1) is 19.9 Å². The first-order valence-electron chi connectivity index (χ1n) is 10.2. The fraction of sp³-hybridized carbons (Fsp3) is 0.292. The summed E-state index contributed by atoms with van der Waals surface area (Å²) < 4.78 is 11.6. The Morgan fingerprint density at radius 1 is 1.06 bits per heavy atom. The summed E-state index contributed by atoms with van der Waals surface area (Å²) in [5.41, 5.74) is 5.16. The molecule has 0 saturated heterocycles. The van der Waals surface area contributed by atoms with Gasteiger partial charge in [-0.3, -0.25) is 9.59 Å². The van der Waals surface area contributed by atoms with E-state index in [0.29, 0.717) is 23.0 Å². The maximum absolute atomic E-state index is 12.5. The number of methoxy groups -OCH3 is 2. The van der Waals surface area contributed by atoms with Crippen molar-refractivity contribution in [3.8, 4) is 11.5 Å². The topological polar surface area (TPSA) is 77.0 Å². The highest BCUT2D eigenvalue weighted by Crippen LogP contribution is 2.37. The molecule has 6 nitrogen and oxygen atoms in total. The van der Waals surface area contributed by atoms with E-state index in [1.807, 2.05) is 12.1 Å². The van der Waals surface area contributed by atoms with E-state index in [0.717, 1.165) is 29.5 Å². The Labute approximate surface area is 184 Å². The van der Waals surface area contributed by atoms with Crippen LogP contribution in [-0.4, -0.2) is 31.6 Å². The number of ketones is 1. The number of carbonyl (C=O) groups is 2. The molecule has 0 aliphatic heterocycles. The van der Waals surface area contributed by atoms with E-state index < -0.39 is 0 Å². The summed E-state index contributed by atoms with van der Waals surface area (Å²) in [6.45, 7) is 0. The third-order valence-corrected chi connectivity index (χ3v) is 6.27. The molecule has 0 atom stereocenters. The van der Waals surface area contributed by atoms with E-state index in [2.05, 4.69) is 28.0 Å². The molecule has 1 N–H and O–H groups in total. The number of nitrogens with one attached hydrogen (secondary N) is 1. The normalized spacial score (nSPS) is 13.8. The predicted molar refractivity (Wildman–Crippen MR) is 122 cm³/mol. The van der Waals surface area contributed by atoms with E-state index >= 15 is 0 Å². The van der Waals surface area contributed by atoms with E-state index in [4.69, 9.17) is 9.47 Å². The molecule has 3 aromatic rings. The lowest BCUT2D eigenvalue weighted by Gasteiger charge is -2.09. The van der Waals surface area contributed by atoms with Gasteiger partial charge < -0.3 is 9.47 Å². The van der Waals surface area contributed by atoms with Crippen LogP contribution in [0.4, 0.5) is 0 Å². The van der Waals surface area contributed by atoms with Crippen LogP contribution in [0.3, 0.4) is 0 Å². The average Bonchev–Trinajstić information content (AvgIpc) is 3.56. The molecule has 31 heavy (non-hydrogen) atoms. The quantitative estimate of drug-likeness (QED) is 0.297. The van der Waals surface area contributed by atoms with Crippen LogP contribution in [-0.2, 0) is 4.79 Å². The van der Waals surface area contributed by atoms with Gasteiger partial charge in [-0.2, -0.15) is 5.10 Å². The Hall–Kier alpha value is -3.19. The second kappa shape index (κ2) is 9.31. The van der Waals surface area contributed by atoms with Crippen LogP contribution in [0.15, 0.2) is 52.9 Å². The van der Waals surface area contributed by atoms with Crippen LogP contribution >= 0.6 is 11.3 Å². The van der Waals surface area contributed by atoms with Gasteiger partial charge in [-0.15, -0.1) is 11.3 Å². The number of ether oxygens (including phenoxy) is 2. The van der Waals surface area contributed by atoms with Crippen molar-refractivity contribution < 1.29 is 19.1 Å². The molecule has 2 aromatic carbocycles. The van der Waals surface area contributed by atoms with Crippen molar-refractivity contribution in [2.45, 2.75) is 25.7 Å². The molecule has 1 aromatic heterocycles. The van der Waals surface area contributed by atoms with Crippen molar-refractivity contribution in [2.75, 3.05) is 14.2 Å². The molecule has 4 rings (SSSR count). The molecule has 0 spiro atoms. The monoisotopic (exact) mass is 436 g/mol. The van der Waals surface area contributed by atoms with Gasteiger partial charge >= 0.3 is 0 Å². The minimum absolute atomic E-state index is 0.0685. The summed E-state index contributed by atoms with van der Waals surface area (Å²) in [5.74, 6) is 1.02. The van der Waals surface area contributed by atoms with Crippen molar-refractivity contribution >= 4 is 38.8 Å². The minimum Gasteiger partial charge on any atom is -0.493 e. The molecule has 0 unspecified atom stereocenters. The minimum atomic E-state index is -0.272. The lowest BCUT2D eigenvalue weighted by molar-refractivity contribution is -0.121. The summed E-state index contributed by atoms with van der Waals surface area (Å²) in [4.78, 5) is 24.9. The second-order valence-corrected chi connectivity index (χ2v) is 8.36. The maximum Gasteiger partial charge on any atom is 0.240 e. The molecule has 1 aliphatic carbocycles. The zero-order valence-electron chi connectivity index (χ0n) is 17.5. The number of fused-ring (bicyclic) bond motifs is 1. The third kappa shape index (κ3) is 4.77. The van der Waals surface area contributed by atoms with Crippen LogP contribution in [0.2, 0.25) is 0 Å². The van der Waals surface area contributed by atoms with E-state index in [1.54, 1.807) is 36.6 Å². The second-order valence-electron chi connectivity index (χ2n) is 7.44. The highest BCUT2D eigenvalue weighted by molar-refractivity contribution is 7.17. The number of hydrogen-bond acceptors (Lipinski definition) is 6. The highest BCUT2D eigenvalue weighted by atomic mass is 32.1. The largest absolute Gasteiger partial charge is 0.493 e. The van der Waals surface area contributed by atoms with Gasteiger partial charge in [-0.05, 0) is 37.1 Å². The molecule has 1 amide bonds. The first-order chi connectivity index (χ1) is 15.1. The van der Waals surface area contributed by atoms with Gasteiger partial charge in [0.1, 0.15) is 0 Å². The highest BCUT2D eigenvalue weighted by Gasteiger charge is 2.30. The number of Topliss-reactive ketones (excluding diaryl/α,β-unsaturated/α-hetero) is 1. The molecule has 1 aliphatic rings. The maximum atomic E-state index is 12.5.